The van der Waals surface area contributed by atoms with Gasteiger partial charge in [-0.1, -0.05) is 0 Å². The number of hydrogen-bond acceptors (Lipinski definition) is 6. The molecule has 17 heavy (non-hydrogen) atoms. The summed E-state index contributed by atoms with van der Waals surface area (Å²) in [7, 11) is 2.61. The van der Waals surface area contributed by atoms with Crippen molar-refractivity contribution in [3.63, 3.8) is 0 Å². The van der Waals surface area contributed by atoms with Crippen LogP contribution in [0.1, 0.15) is 26.2 Å². The zero-order chi connectivity index (χ0) is 12.8. The van der Waals surface area contributed by atoms with E-state index < -0.39 is 30.4 Å². The second kappa shape index (κ2) is 6.56. The molecule has 0 unspecified atom stereocenters. The quantitative estimate of drug-likeness (QED) is 0.678. The van der Waals surface area contributed by atoms with Gasteiger partial charge in [0.2, 0.25) is 0 Å². The normalized spacial score (nSPS) is 26.1. The monoisotopic (exact) mass is 246 g/mol. The molecule has 1 saturated heterocycles. The first-order valence-electron chi connectivity index (χ1n) is 5.55. The molecule has 0 amide bonds. The van der Waals surface area contributed by atoms with E-state index in [4.69, 9.17) is 9.47 Å². The van der Waals surface area contributed by atoms with Gasteiger partial charge in [-0.2, -0.15) is 0 Å². The van der Waals surface area contributed by atoms with E-state index in [1.54, 1.807) is 6.92 Å². The molecule has 1 fully saturated rings. The zero-order valence-corrected chi connectivity index (χ0v) is 10.3. The van der Waals surface area contributed by atoms with Crippen LogP contribution >= 0.6 is 0 Å². The number of hydrogen-bond donors (Lipinski definition) is 0. The summed E-state index contributed by atoms with van der Waals surface area (Å²) in [6.07, 6.45) is 0.165. The predicted octanol–water partition coefficient (Wildman–Crippen LogP) is 0.633. The van der Waals surface area contributed by atoms with Crippen LogP contribution in [0.5, 0.6) is 0 Å². The lowest BCUT2D eigenvalue weighted by molar-refractivity contribution is -0.224. The van der Waals surface area contributed by atoms with Gasteiger partial charge in [0.1, 0.15) is 0 Å². The van der Waals surface area contributed by atoms with E-state index in [-0.39, 0.29) is 0 Å². The minimum absolute atomic E-state index is 0.413. The van der Waals surface area contributed by atoms with Crippen LogP contribution in [0.2, 0.25) is 0 Å². The zero-order valence-electron chi connectivity index (χ0n) is 10.3. The molecular weight excluding hydrogens is 228 g/mol. The van der Waals surface area contributed by atoms with Gasteiger partial charge in [0.05, 0.1) is 14.2 Å². The summed E-state index contributed by atoms with van der Waals surface area (Å²) in [5.74, 6) is -0.877. The van der Waals surface area contributed by atoms with Crippen LogP contribution in [-0.2, 0) is 28.5 Å². The molecular formula is C11H18O6. The fraction of sp³-hybridized carbons (Fsp3) is 0.818. The van der Waals surface area contributed by atoms with Crippen LogP contribution in [0.3, 0.4) is 0 Å². The first-order valence-corrected chi connectivity index (χ1v) is 5.55. The summed E-state index contributed by atoms with van der Waals surface area (Å²) in [6, 6.07) is 0. The Morgan fingerprint density at radius 2 is 1.94 bits per heavy atom. The molecule has 1 aliphatic rings. The Morgan fingerprint density at radius 1 is 1.24 bits per heavy atom. The molecule has 6 nitrogen and oxygen atoms in total. The average Bonchev–Trinajstić information content (AvgIpc) is 2.37. The Hall–Kier alpha value is -1.14. The molecule has 0 aromatic heterocycles. The molecule has 0 aromatic carbocycles. The van der Waals surface area contributed by atoms with Crippen LogP contribution in [0.4, 0.5) is 0 Å². The van der Waals surface area contributed by atoms with Gasteiger partial charge >= 0.3 is 11.9 Å². The van der Waals surface area contributed by atoms with E-state index in [2.05, 4.69) is 9.47 Å². The Bertz CT molecular complexity index is 275. The van der Waals surface area contributed by atoms with Crippen molar-refractivity contribution in [2.45, 2.75) is 44.7 Å². The Balaban J connectivity index is 2.44. The molecule has 1 heterocycles. The standard InChI is InChI=1S/C11H18O6/c1-7(10(12)14-2)16-9-6-4-5-8(17-9)11(13)15-3/h7-9H,4-6H2,1-3H3/t7-,8-,9-/m0/s1. The summed E-state index contributed by atoms with van der Waals surface area (Å²) < 4.78 is 19.9. The molecule has 0 N–H and O–H groups in total. The highest BCUT2D eigenvalue weighted by molar-refractivity contribution is 5.74. The van der Waals surface area contributed by atoms with Crippen molar-refractivity contribution in [3.8, 4) is 0 Å². The van der Waals surface area contributed by atoms with Crippen LogP contribution < -0.4 is 0 Å². The molecule has 0 radical (unpaired) electrons. The van der Waals surface area contributed by atoms with Crippen molar-refractivity contribution in [2.75, 3.05) is 14.2 Å². The van der Waals surface area contributed by atoms with Gasteiger partial charge in [-0.15, -0.1) is 0 Å². The Morgan fingerprint density at radius 3 is 2.53 bits per heavy atom. The molecule has 0 spiro atoms. The molecule has 3 atom stereocenters. The largest absolute Gasteiger partial charge is 0.467 e. The van der Waals surface area contributed by atoms with E-state index in [9.17, 15) is 9.59 Å². The van der Waals surface area contributed by atoms with E-state index in [1.165, 1.54) is 14.2 Å². The fourth-order valence-corrected chi connectivity index (χ4v) is 1.64. The molecule has 1 rings (SSSR count). The van der Waals surface area contributed by atoms with Gasteiger partial charge in [0.25, 0.3) is 0 Å². The topological polar surface area (TPSA) is 71.1 Å². The van der Waals surface area contributed by atoms with Crippen LogP contribution in [-0.4, -0.2) is 44.7 Å². The summed E-state index contributed by atoms with van der Waals surface area (Å²) in [5.41, 5.74) is 0. The highest BCUT2D eigenvalue weighted by atomic mass is 16.7. The molecule has 0 saturated carbocycles. The van der Waals surface area contributed by atoms with E-state index >= 15 is 0 Å². The van der Waals surface area contributed by atoms with Crippen molar-refractivity contribution in [1.82, 2.24) is 0 Å². The Labute approximate surface area is 100 Å². The number of carbonyl (C=O) groups excluding carboxylic acids is 2. The van der Waals surface area contributed by atoms with Gasteiger partial charge in [-0.3, -0.25) is 0 Å². The maximum Gasteiger partial charge on any atom is 0.335 e. The minimum Gasteiger partial charge on any atom is -0.467 e. The van der Waals surface area contributed by atoms with Gasteiger partial charge in [-0.25, -0.2) is 9.59 Å². The predicted molar refractivity (Wildman–Crippen MR) is 57.1 cm³/mol. The molecule has 98 valence electrons. The van der Waals surface area contributed by atoms with Gasteiger partial charge in [0.15, 0.2) is 18.5 Å². The van der Waals surface area contributed by atoms with Crippen LogP contribution in [0.25, 0.3) is 0 Å². The average molecular weight is 246 g/mol. The second-order valence-corrected chi connectivity index (χ2v) is 3.81. The van der Waals surface area contributed by atoms with Crippen molar-refractivity contribution in [3.05, 3.63) is 0 Å². The number of carbonyl (C=O) groups is 2. The minimum atomic E-state index is -0.707. The number of ether oxygens (including phenoxy) is 4. The van der Waals surface area contributed by atoms with Crippen molar-refractivity contribution >= 4 is 11.9 Å². The number of rotatable bonds is 4. The first kappa shape index (κ1) is 13.9. The van der Waals surface area contributed by atoms with E-state index in [0.29, 0.717) is 12.8 Å². The lowest BCUT2D eigenvalue weighted by atomic mass is 10.1. The summed E-state index contributed by atoms with van der Waals surface area (Å²) in [5, 5.41) is 0. The lowest BCUT2D eigenvalue weighted by Gasteiger charge is -2.29. The third kappa shape index (κ3) is 3.98. The van der Waals surface area contributed by atoms with Gasteiger partial charge in [0, 0.05) is 0 Å². The van der Waals surface area contributed by atoms with Crippen LogP contribution in [0, 0.1) is 0 Å². The maximum atomic E-state index is 11.3. The SMILES string of the molecule is COC(=O)[C@H](C)O[C@@H]1CCC[C@@H](C(=O)OC)O1. The van der Waals surface area contributed by atoms with Crippen molar-refractivity contribution in [2.24, 2.45) is 0 Å². The maximum absolute atomic E-state index is 11.3. The fourth-order valence-electron chi connectivity index (χ4n) is 1.64. The third-order valence-corrected chi connectivity index (χ3v) is 2.58. The summed E-state index contributed by atoms with van der Waals surface area (Å²) in [4.78, 5) is 22.5. The highest BCUT2D eigenvalue weighted by Gasteiger charge is 2.31. The van der Waals surface area contributed by atoms with E-state index in [0.717, 1.165) is 6.42 Å². The second-order valence-electron chi connectivity index (χ2n) is 3.81. The Kier molecular flexibility index (Phi) is 5.37. The summed E-state index contributed by atoms with van der Waals surface area (Å²) >= 11 is 0. The number of methoxy groups -OCH3 is 2. The van der Waals surface area contributed by atoms with Crippen molar-refractivity contribution < 1.29 is 28.5 Å². The van der Waals surface area contributed by atoms with Gasteiger partial charge < -0.3 is 18.9 Å². The lowest BCUT2D eigenvalue weighted by Crippen LogP contribution is -2.38. The molecule has 0 aromatic rings. The third-order valence-electron chi connectivity index (χ3n) is 2.58. The number of esters is 2. The molecule has 0 aliphatic carbocycles. The first-order chi connectivity index (χ1) is 8.08. The molecule has 0 bridgehead atoms. The van der Waals surface area contributed by atoms with E-state index in [1.807, 2.05) is 0 Å². The van der Waals surface area contributed by atoms with Crippen LogP contribution in [0.15, 0.2) is 0 Å². The molecule has 1 aliphatic heterocycles. The smallest absolute Gasteiger partial charge is 0.335 e. The van der Waals surface area contributed by atoms with Crippen molar-refractivity contribution in [1.29, 1.82) is 0 Å². The highest BCUT2D eigenvalue weighted by Crippen LogP contribution is 2.21. The summed E-state index contributed by atoms with van der Waals surface area (Å²) in [6.45, 7) is 1.58. The molecule has 6 heteroatoms. The van der Waals surface area contributed by atoms with Gasteiger partial charge in [-0.05, 0) is 26.2 Å².